The van der Waals surface area contributed by atoms with Crippen molar-refractivity contribution in [3.63, 3.8) is 0 Å². The third-order valence-corrected chi connectivity index (χ3v) is 1.29. The molecular weight excluding hydrogens is 110 g/mol. The minimum atomic E-state index is 0.389. The van der Waals surface area contributed by atoms with E-state index in [1.54, 1.807) is 0 Å². The molecule has 9 heavy (non-hydrogen) atoms. The second-order valence-corrected chi connectivity index (χ2v) is 2.07. The standard InChI is InChI=1S/C8H13N/c1-5-6-7(2)8(3)9-4/h5,7H,1,3-4,6H2,2H3. The molecule has 50 valence electrons. The van der Waals surface area contributed by atoms with Gasteiger partial charge in [0.25, 0.3) is 0 Å². The molecule has 1 heteroatoms. The van der Waals surface area contributed by atoms with Gasteiger partial charge in [0.1, 0.15) is 0 Å². The SMILES string of the molecule is C=CCC(C)C(=C)N=C. The fourth-order valence-corrected chi connectivity index (χ4v) is 0.542. The molecule has 0 fully saturated rings. The quantitative estimate of drug-likeness (QED) is 0.402. The van der Waals surface area contributed by atoms with Crippen molar-refractivity contribution in [1.29, 1.82) is 0 Å². The van der Waals surface area contributed by atoms with Crippen LogP contribution in [0.1, 0.15) is 13.3 Å². The number of aliphatic imine (C=N–C) groups is 1. The Bertz CT molecular complexity index is 125. The highest BCUT2D eigenvalue weighted by molar-refractivity contribution is 5.28. The van der Waals surface area contributed by atoms with Gasteiger partial charge in [0.05, 0.1) is 0 Å². The Morgan fingerprint density at radius 1 is 1.78 bits per heavy atom. The van der Waals surface area contributed by atoms with Gasteiger partial charge in [0.2, 0.25) is 0 Å². The average Bonchev–Trinajstić information content (AvgIpc) is 1.87. The molecule has 0 bridgehead atoms. The van der Waals surface area contributed by atoms with Gasteiger partial charge < -0.3 is 0 Å². The highest BCUT2D eigenvalue weighted by atomic mass is 14.7. The van der Waals surface area contributed by atoms with Gasteiger partial charge in [-0.15, -0.1) is 6.58 Å². The number of allylic oxidation sites excluding steroid dienone is 2. The zero-order valence-electron chi connectivity index (χ0n) is 5.93. The Morgan fingerprint density at radius 2 is 2.33 bits per heavy atom. The molecule has 0 aromatic heterocycles. The first kappa shape index (κ1) is 8.15. The summed E-state index contributed by atoms with van der Waals surface area (Å²) in [6.07, 6.45) is 2.79. The van der Waals surface area contributed by atoms with Gasteiger partial charge in [0.15, 0.2) is 0 Å². The third kappa shape index (κ3) is 2.85. The van der Waals surface area contributed by atoms with Crippen LogP contribution in [-0.4, -0.2) is 6.72 Å². The van der Waals surface area contributed by atoms with E-state index >= 15 is 0 Å². The maximum Gasteiger partial charge on any atom is 0.0355 e. The van der Waals surface area contributed by atoms with Gasteiger partial charge in [-0.3, -0.25) is 4.99 Å². The number of hydrogen-bond acceptors (Lipinski definition) is 1. The Hall–Kier alpha value is -0.850. The van der Waals surface area contributed by atoms with Crippen molar-refractivity contribution in [2.24, 2.45) is 10.9 Å². The summed E-state index contributed by atoms with van der Waals surface area (Å²) >= 11 is 0. The van der Waals surface area contributed by atoms with Crippen LogP contribution in [-0.2, 0) is 0 Å². The lowest BCUT2D eigenvalue weighted by molar-refractivity contribution is 0.692. The fraction of sp³-hybridized carbons (Fsp3) is 0.375. The van der Waals surface area contributed by atoms with Crippen LogP contribution in [0.2, 0.25) is 0 Å². The molecular formula is C8H13N. The minimum Gasteiger partial charge on any atom is -0.269 e. The van der Waals surface area contributed by atoms with Crippen LogP contribution in [0.5, 0.6) is 0 Å². The van der Waals surface area contributed by atoms with E-state index in [1.165, 1.54) is 0 Å². The maximum atomic E-state index is 3.71. The van der Waals surface area contributed by atoms with Crippen molar-refractivity contribution < 1.29 is 0 Å². The average molecular weight is 123 g/mol. The summed E-state index contributed by atoms with van der Waals surface area (Å²) in [7, 11) is 0. The molecule has 1 unspecified atom stereocenters. The Kier molecular flexibility index (Phi) is 3.69. The summed E-state index contributed by atoms with van der Waals surface area (Å²) in [5.41, 5.74) is 0.843. The number of rotatable bonds is 4. The molecule has 0 amide bonds. The van der Waals surface area contributed by atoms with Crippen molar-refractivity contribution in [3.05, 3.63) is 24.9 Å². The number of nitrogens with zero attached hydrogens (tertiary/aromatic N) is 1. The Morgan fingerprint density at radius 3 is 2.67 bits per heavy atom. The van der Waals surface area contributed by atoms with Crippen LogP contribution in [0, 0.1) is 5.92 Å². The second kappa shape index (κ2) is 4.07. The van der Waals surface area contributed by atoms with Crippen molar-refractivity contribution in [1.82, 2.24) is 0 Å². The van der Waals surface area contributed by atoms with Gasteiger partial charge >= 0.3 is 0 Å². The van der Waals surface area contributed by atoms with Gasteiger partial charge in [0, 0.05) is 11.6 Å². The molecule has 0 aromatic rings. The summed E-state index contributed by atoms with van der Waals surface area (Å²) in [5, 5.41) is 0. The van der Waals surface area contributed by atoms with E-state index in [0.29, 0.717) is 5.92 Å². The summed E-state index contributed by atoms with van der Waals surface area (Å²) in [5.74, 6) is 0.389. The largest absolute Gasteiger partial charge is 0.269 e. The van der Waals surface area contributed by atoms with Crippen molar-refractivity contribution in [2.45, 2.75) is 13.3 Å². The van der Waals surface area contributed by atoms with Crippen LogP contribution < -0.4 is 0 Å². The molecule has 0 radical (unpaired) electrons. The van der Waals surface area contributed by atoms with E-state index in [2.05, 4.69) is 31.8 Å². The lowest BCUT2D eigenvalue weighted by atomic mass is 10.1. The van der Waals surface area contributed by atoms with E-state index in [1.807, 2.05) is 6.08 Å². The van der Waals surface area contributed by atoms with Gasteiger partial charge in [-0.25, -0.2) is 0 Å². The highest BCUT2D eigenvalue weighted by Crippen LogP contribution is 2.12. The van der Waals surface area contributed by atoms with Gasteiger partial charge in [-0.05, 0) is 13.1 Å². The van der Waals surface area contributed by atoms with Gasteiger partial charge in [-0.2, -0.15) is 0 Å². The zero-order valence-corrected chi connectivity index (χ0v) is 5.93. The van der Waals surface area contributed by atoms with E-state index < -0.39 is 0 Å². The molecule has 0 aromatic carbocycles. The van der Waals surface area contributed by atoms with Crippen LogP contribution in [0.3, 0.4) is 0 Å². The summed E-state index contributed by atoms with van der Waals surface area (Å²) in [4.78, 5) is 3.71. The lowest BCUT2D eigenvalue weighted by Crippen LogP contribution is -1.92. The first-order valence-electron chi connectivity index (χ1n) is 2.98. The predicted octanol–water partition coefficient (Wildman–Crippen LogP) is 2.41. The molecule has 1 nitrogen and oxygen atoms in total. The molecule has 0 spiro atoms. The molecule has 0 saturated heterocycles. The molecule has 0 N–H and O–H groups in total. The molecule has 0 heterocycles. The normalized spacial score (nSPS) is 12.1. The first-order chi connectivity index (χ1) is 4.22. The molecule has 0 aliphatic rings. The molecule has 0 aliphatic heterocycles. The van der Waals surface area contributed by atoms with Crippen molar-refractivity contribution in [3.8, 4) is 0 Å². The van der Waals surface area contributed by atoms with E-state index in [0.717, 1.165) is 12.1 Å². The van der Waals surface area contributed by atoms with Crippen LogP contribution in [0.25, 0.3) is 0 Å². The first-order valence-corrected chi connectivity index (χ1v) is 2.98. The fourth-order valence-electron chi connectivity index (χ4n) is 0.542. The molecule has 1 atom stereocenters. The summed E-state index contributed by atoms with van der Waals surface area (Å²) in [6.45, 7) is 12.8. The second-order valence-electron chi connectivity index (χ2n) is 2.07. The van der Waals surface area contributed by atoms with Crippen LogP contribution in [0.4, 0.5) is 0 Å². The molecule has 0 rings (SSSR count). The Balaban J connectivity index is 3.71. The van der Waals surface area contributed by atoms with E-state index in [-0.39, 0.29) is 0 Å². The third-order valence-electron chi connectivity index (χ3n) is 1.29. The van der Waals surface area contributed by atoms with E-state index in [9.17, 15) is 0 Å². The summed E-state index contributed by atoms with van der Waals surface area (Å²) < 4.78 is 0. The minimum absolute atomic E-state index is 0.389. The highest BCUT2D eigenvalue weighted by Gasteiger charge is 1.99. The zero-order chi connectivity index (χ0) is 7.28. The monoisotopic (exact) mass is 123 g/mol. The number of hydrogen-bond donors (Lipinski definition) is 0. The maximum absolute atomic E-state index is 3.71. The van der Waals surface area contributed by atoms with Gasteiger partial charge in [-0.1, -0.05) is 19.6 Å². The lowest BCUT2D eigenvalue weighted by Gasteiger charge is -2.05. The van der Waals surface area contributed by atoms with Crippen LogP contribution >= 0.6 is 0 Å². The van der Waals surface area contributed by atoms with Crippen LogP contribution in [0.15, 0.2) is 29.9 Å². The summed E-state index contributed by atoms with van der Waals surface area (Å²) in [6, 6.07) is 0. The predicted molar refractivity (Wildman–Crippen MR) is 42.7 cm³/mol. The molecule has 0 aliphatic carbocycles. The topological polar surface area (TPSA) is 12.4 Å². The molecule has 0 saturated carbocycles. The van der Waals surface area contributed by atoms with Crippen molar-refractivity contribution >= 4 is 6.72 Å². The smallest absolute Gasteiger partial charge is 0.0355 e. The van der Waals surface area contributed by atoms with E-state index in [4.69, 9.17) is 0 Å². The Labute approximate surface area is 56.8 Å². The van der Waals surface area contributed by atoms with Crippen molar-refractivity contribution in [2.75, 3.05) is 0 Å².